The van der Waals surface area contributed by atoms with Crippen molar-refractivity contribution in [3.05, 3.63) is 116 Å². The molecule has 0 amide bonds. The smallest absolute Gasteiger partial charge is 0.429 e. The lowest BCUT2D eigenvalue weighted by molar-refractivity contribution is -0.274. The van der Waals surface area contributed by atoms with Gasteiger partial charge in [0.25, 0.3) is 0 Å². The monoisotopic (exact) mass is 676 g/mol. The Bertz CT molecular complexity index is 1750. The normalized spacial score (nSPS) is 11.6. The quantitative estimate of drug-likeness (QED) is 0.137. The fourth-order valence-corrected chi connectivity index (χ4v) is 4.72. The largest absolute Gasteiger partial charge is 0.573 e. The molecule has 0 aliphatic heterocycles. The Hall–Kier alpha value is -4.01. The average Bonchev–Trinajstić information content (AvgIpc) is 2.92. The summed E-state index contributed by atoms with van der Waals surface area (Å²) in [6.07, 6.45) is -7.38. The fraction of sp³-hybridized carbons (Fsp3) is 0.188. The van der Waals surface area contributed by atoms with E-state index in [1.165, 1.54) is 18.2 Å². The van der Waals surface area contributed by atoms with Crippen LogP contribution in [0.3, 0.4) is 0 Å². The lowest BCUT2D eigenvalue weighted by atomic mass is 10.00. The zero-order valence-electron chi connectivity index (χ0n) is 22.9. The molecule has 0 N–H and O–H groups in total. The van der Waals surface area contributed by atoms with Crippen molar-refractivity contribution in [1.82, 2.24) is 0 Å². The van der Waals surface area contributed by atoms with E-state index in [-0.39, 0.29) is 16.7 Å². The molecule has 2 nitrogen and oxygen atoms in total. The molecule has 0 spiro atoms. The Labute approximate surface area is 261 Å². The molecule has 0 radical (unpaired) electrons. The lowest BCUT2D eigenvalue weighted by Gasteiger charge is -2.21. The topological polar surface area (TPSA) is 18.5 Å². The Morgan fingerprint density at radius 3 is 1.91 bits per heavy atom. The molecule has 236 valence electrons. The molecule has 0 unspecified atom stereocenters. The molecule has 0 saturated carbocycles. The van der Waals surface area contributed by atoms with Crippen LogP contribution < -0.4 is 9.47 Å². The van der Waals surface area contributed by atoms with Crippen LogP contribution in [0, 0.1) is 35.1 Å². The summed E-state index contributed by atoms with van der Waals surface area (Å²) in [6.45, 7) is 2.01. The van der Waals surface area contributed by atoms with E-state index in [0.29, 0.717) is 30.7 Å². The minimum atomic E-state index is -5.21. The van der Waals surface area contributed by atoms with Gasteiger partial charge >= 0.3 is 12.5 Å². The van der Waals surface area contributed by atoms with Crippen LogP contribution in [0.2, 0.25) is 10.0 Å². The van der Waals surface area contributed by atoms with Crippen LogP contribution in [-0.4, -0.2) is 6.36 Å². The Balaban J connectivity index is 1.57. The first kappa shape index (κ1) is 33.9. The highest BCUT2D eigenvalue weighted by molar-refractivity contribution is 6.37. The highest BCUT2D eigenvalue weighted by atomic mass is 35.5. The first-order valence-electron chi connectivity index (χ1n) is 13.0. The van der Waals surface area contributed by atoms with Gasteiger partial charge in [0.15, 0.2) is 5.75 Å². The number of unbranched alkanes of at least 4 members (excludes halogenated alkanes) is 1. The average molecular weight is 677 g/mol. The second kappa shape index (κ2) is 13.5. The number of ether oxygens (including phenoxy) is 2. The number of rotatable bonds is 8. The van der Waals surface area contributed by atoms with Gasteiger partial charge < -0.3 is 9.47 Å². The number of alkyl halides is 5. The van der Waals surface area contributed by atoms with Crippen LogP contribution in [0.4, 0.5) is 39.5 Å². The first-order chi connectivity index (χ1) is 21.1. The van der Waals surface area contributed by atoms with E-state index in [0.717, 1.165) is 30.5 Å². The van der Waals surface area contributed by atoms with Crippen LogP contribution >= 0.6 is 23.2 Å². The summed E-state index contributed by atoms with van der Waals surface area (Å²) in [6, 6.07) is 9.78. The van der Waals surface area contributed by atoms with E-state index in [1.807, 2.05) is 6.92 Å². The number of hydrogen-bond donors (Lipinski definition) is 0. The van der Waals surface area contributed by atoms with Crippen LogP contribution in [-0.2, 0) is 12.5 Å². The molecule has 0 aliphatic carbocycles. The van der Waals surface area contributed by atoms with E-state index in [2.05, 4.69) is 21.3 Å². The van der Waals surface area contributed by atoms with Gasteiger partial charge in [-0.15, -0.1) is 13.2 Å². The van der Waals surface area contributed by atoms with E-state index in [1.54, 1.807) is 6.07 Å². The molecule has 4 rings (SSSR count). The zero-order chi connectivity index (χ0) is 33.1. The van der Waals surface area contributed by atoms with Gasteiger partial charge in [0.1, 0.15) is 34.6 Å². The number of hydrogen-bond acceptors (Lipinski definition) is 2. The van der Waals surface area contributed by atoms with Crippen LogP contribution in [0.25, 0.3) is 11.1 Å². The van der Waals surface area contributed by atoms with Gasteiger partial charge in [0.05, 0.1) is 15.6 Å². The molecule has 0 heterocycles. The van der Waals surface area contributed by atoms with E-state index in [9.17, 15) is 39.5 Å². The van der Waals surface area contributed by atoms with Gasteiger partial charge in [-0.1, -0.05) is 60.5 Å². The SMILES string of the molecule is CCCCc1ccc(C#Cc2ccc(-c3cc(F)c(C(F)(F)Oc4cc(Cl)c(OC(F)(F)F)c(Cl)c4)c(F)c3)c(F)c2)c(F)c1. The van der Waals surface area contributed by atoms with Crippen molar-refractivity contribution in [2.45, 2.75) is 38.7 Å². The van der Waals surface area contributed by atoms with Crippen molar-refractivity contribution in [2.24, 2.45) is 0 Å². The summed E-state index contributed by atoms with van der Waals surface area (Å²) in [5.74, 6) is -2.05. The van der Waals surface area contributed by atoms with E-state index >= 15 is 0 Å². The van der Waals surface area contributed by atoms with Crippen molar-refractivity contribution < 1.29 is 49.0 Å². The molecule has 13 heteroatoms. The summed E-state index contributed by atoms with van der Waals surface area (Å²) >= 11 is 11.3. The first-order valence-corrected chi connectivity index (χ1v) is 13.7. The molecule has 4 aromatic rings. The summed E-state index contributed by atoms with van der Waals surface area (Å²) in [5, 5.41) is -1.76. The van der Waals surface area contributed by atoms with E-state index < -0.39 is 68.4 Å². The second-order valence-electron chi connectivity index (χ2n) is 9.56. The molecular formula is C32H19Cl2F9O2. The van der Waals surface area contributed by atoms with Gasteiger partial charge in [-0.2, -0.15) is 8.78 Å². The summed E-state index contributed by atoms with van der Waals surface area (Å²) in [7, 11) is 0. The maximum Gasteiger partial charge on any atom is 0.573 e. The Morgan fingerprint density at radius 2 is 1.36 bits per heavy atom. The molecule has 0 aromatic heterocycles. The molecule has 0 bridgehead atoms. The number of aryl methyl sites for hydroxylation is 1. The van der Waals surface area contributed by atoms with E-state index in [4.69, 9.17) is 23.2 Å². The highest BCUT2D eigenvalue weighted by Crippen LogP contribution is 2.43. The highest BCUT2D eigenvalue weighted by Gasteiger charge is 2.42. The van der Waals surface area contributed by atoms with Crippen LogP contribution in [0.15, 0.2) is 60.7 Å². The molecule has 45 heavy (non-hydrogen) atoms. The van der Waals surface area contributed by atoms with Crippen molar-refractivity contribution in [2.75, 3.05) is 0 Å². The van der Waals surface area contributed by atoms with Gasteiger partial charge in [-0.05, 0) is 60.4 Å². The van der Waals surface area contributed by atoms with Crippen LogP contribution in [0.1, 0.15) is 42.0 Å². The predicted molar refractivity (Wildman–Crippen MR) is 150 cm³/mol. The maximum absolute atomic E-state index is 14.9. The number of halogens is 11. The molecular weight excluding hydrogens is 658 g/mol. The molecule has 0 aliphatic rings. The lowest BCUT2D eigenvalue weighted by Crippen LogP contribution is -2.25. The minimum Gasteiger partial charge on any atom is -0.429 e. The van der Waals surface area contributed by atoms with Gasteiger partial charge in [-0.25, -0.2) is 17.6 Å². The Kier molecular flexibility index (Phi) is 10.2. The standard InChI is InChI=1S/C32H19Cl2F9O2/c1-2-3-4-17-5-8-19(25(35)11-17)9-6-18-7-10-22(26(36)12-18)20-13-27(37)29(28(38)14-20)31(39,40)44-21-15-23(33)30(24(34)16-21)45-32(41,42)43/h5,7-8,10-16H,2-4H2,1H3. The van der Waals surface area contributed by atoms with Crippen molar-refractivity contribution in [1.29, 1.82) is 0 Å². The fourth-order valence-electron chi connectivity index (χ4n) is 4.18. The third-order valence-corrected chi connectivity index (χ3v) is 6.80. The second-order valence-corrected chi connectivity index (χ2v) is 10.4. The molecule has 4 aromatic carbocycles. The molecule has 0 atom stereocenters. The van der Waals surface area contributed by atoms with Crippen molar-refractivity contribution in [3.8, 4) is 34.5 Å². The maximum atomic E-state index is 14.9. The Morgan fingerprint density at radius 1 is 0.711 bits per heavy atom. The van der Waals surface area contributed by atoms with Gasteiger partial charge in [0.2, 0.25) is 0 Å². The zero-order valence-corrected chi connectivity index (χ0v) is 24.4. The molecule has 0 saturated heterocycles. The third-order valence-electron chi connectivity index (χ3n) is 6.24. The predicted octanol–water partition coefficient (Wildman–Crippen LogP) is 11.0. The third kappa shape index (κ3) is 8.38. The van der Waals surface area contributed by atoms with Gasteiger partial charge in [0, 0.05) is 23.3 Å². The van der Waals surface area contributed by atoms with Crippen molar-refractivity contribution in [3.63, 3.8) is 0 Å². The summed E-state index contributed by atoms with van der Waals surface area (Å²) in [4.78, 5) is 0. The summed E-state index contributed by atoms with van der Waals surface area (Å²) in [5.41, 5.74) is -1.69. The summed E-state index contributed by atoms with van der Waals surface area (Å²) < 4.78 is 134. The molecule has 0 fully saturated rings. The van der Waals surface area contributed by atoms with Crippen LogP contribution in [0.5, 0.6) is 11.5 Å². The van der Waals surface area contributed by atoms with Crippen molar-refractivity contribution >= 4 is 23.2 Å². The minimum absolute atomic E-state index is 0.0812. The number of benzene rings is 4. The van der Waals surface area contributed by atoms with Gasteiger partial charge in [-0.3, -0.25) is 0 Å².